The molecule has 1 heterocycles. The van der Waals surface area contributed by atoms with Gasteiger partial charge in [0.2, 0.25) is 11.8 Å². The van der Waals surface area contributed by atoms with Crippen molar-refractivity contribution in [2.24, 2.45) is 0 Å². The number of halogens is 2. The molecule has 0 spiro atoms. The second-order valence-corrected chi connectivity index (χ2v) is 7.23. The van der Waals surface area contributed by atoms with Gasteiger partial charge in [-0.05, 0) is 55.3 Å². The van der Waals surface area contributed by atoms with E-state index in [1.54, 1.807) is 36.1 Å². The first-order valence-corrected chi connectivity index (χ1v) is 9.67. The van der Waals surface area contributed by atoms with Crippen LogP contribution in [0.25, 0.3) is 0 Å². The Kier molecular flexibility index (Phi) is 6.44. The minimum absolute atomic E-state index is 0.0657. The number of carbonyl (C=O) groups excluding carboxylic acids is 3. The third-order valence-electron chi connectivity index (χ3n) is 5.32. The monoisotopic (exact) mass is 415 g/mol. The molecule has 0 radical (unpaired) electrons. The summed E-state index contributed by atoms with van der Waals surface area (Å²) in [6, 6.07) is 9.60. The smallest absolute Gasteiger partial charge is 0.251 e. The Morgan fingerprint density at radius 2 is 1.83 bits per heavy atom. The van der Waals surface area contributed by atoms with Crippen molar-refractivity contribution in [3.63, 3.8) is 0 Å². The molecule has 8 heteroatoms. The van der Waals surface area contributed by atoms with Crippen LogP contribution in [0.3, 0.4) is 0 Å². The van der Waals surface area contributed by atoms with Gasteiger partial charge in [-0.1, -0.05) is 6.07 Å². The van der Waals surface area contributed by atoms with Crippen molar-refractivity contribution in [1.29, 1.82) is 0 Å². The van der Waals surface area contributed by atoms with Crippen LogP contribution in [0.5, 0.6) is 0 Å². The molecule has 1 unspecified atom stereocenters. The lowest BCUT2D eigenvalue weighted by Crippen LogP contribution is -2.39. The second kappa shape index (κ2) is 9.02. The molecule has 2 aromatic rings. The summed E-state index contributed by atoms with van der Waals surface area (Å²) in [5.74, 6) is -2.66. The number of hydrogen-bond acceptors (Lipinski definition) is 3. The zero-order valence-electron chi connectivity index (χ0n) is 16.8. The molecule has 3 rings (SSSR count). The third kappa shape index (κ3) is 4.64. The standard InChI is InChI=1S/C22H23F2N3O3/c1-14(16-7-10-18(23)19(24)12-16)26(2)21(29)13-25-22(30)15-5-8-17(9-6-15)27-11-3-4-20(27)28/h5-10,12,14H,3-4,11,13H2,1-2H3,(H,25,30). The van der Waals surface area contributed by atoms with E-state index in [-0.39, 0.29) is 18.4 Å². The molecule has 2 aromatic carbocycles. The SMILES string of the molecule is CC(c1ccc(F)c(F)c1)N(C)C(=O)CNC(=O)c1ccc(N2CCCC2=O)cc1. The first-order chi connectivity index (χ1) is 14.3. The van der Waals surface area contributed by atoms with Gasteiger partial charge < -0.3 is 15.1 Å². The molecule has 1 aliphatic rings. The van der Waals surface area contributed by atoms with Crippen molar-refractivity contribution >= 4 is 23.4 Å². The molecule has 1 saturated heterocycles. The maximum Gasteiger partial charge on any atom is 0.251 e. The fourth-order valence-electron chi connectivity index (χ4n) is 3.31. The van der Waals surface area contributed by atoms with Gasteiger partial charge in [0.1, 0.15) is 0 Å². The predicted molar refractivity (Wildman–Crippen MR) is 108 cm³/mol. The summed E-state index contributed by atoms with van der Waals surface area (Å²) in [5, 5.41) is 2.56. The Hall–Kier alpha value is -3.29. The highest BCUT2D eigenvalue weighted by Crippen LogP contribution is 2.22. The molecule has 0 aliphatic carbocycles. The number of nitrogens with one attached hydrogen (secondary N) is 1. The van der Waals surface area contributed by atoms with E-state index in [1.165, 1.54) is 18.0 Å². The highest BCUT2D eigenvalue weighted by atomic mass is 19.2. The summed E-state index contributed by atoms with van der Waals surface area (Å²) in [7, 11) is 1.53. The fourth-order valence-corrected chi connectivity index (χ4v) is 3.31. The highest BCUT2D eigenvalue weighted by Gasteiger charge is 2.22. The molecule has 0 aromatic heterocycles. The Bertz CT molecular complexity index is 963. The molecule has 3 amide bonds. The van der Waals surface area contributed by atoms with Crippen molar-refractivity contribution in [2.45, 2.75) is 25.8 Å². The van der Waals surface area contributed by atoms with Gasteiger partial charge in [0.25, 0.3) is 5.91 Å². The Labute approximate surface area is 173 Å². The van der Waals surface area contributed by atoms with E-state index < -0.39 is 23.6 Å². The number of amides is 3. The van der Waals surface area contributed by atoms with E-state index in [0.29, 0.717) is 24.1 Å². The molecule has 30 heavy (non-hydrogen) atoms. The van der Waals surface area contributed by atoms with Crippen LogP contribution in [0.4, 0.5) is 14.5 Å². The maximum atomic E-state index is 13.4. The molecule has 158 valence electrons. The predicted octanol–water partition coefficient (Wildman–Crippen LogP) is 3.04. The van der Waals surface area contributed by atoms with E-state index in [4.69, 9.17) is 0 Å². The van der Waals surface area contributed by atoms with E-state index >= 15 is 0 Å². The number of nitrogens with zero attached hydrogens (tertiary/aromatic N) is 2. The van der Waals surface area contributed by atoms with E-state index in [9.17, 15) is 23.2 Å². The average molecular weight is 415 g/mol. The number of likely N-dealkylation sites (N-methyl/N-ethyl adjacent to an activating group) is 1. The molecular weight excluding hydrogens is 392 g/mol. The van der Waals surface area contributed by atoms with Crippen molar-refractivity contribution in [1.82, 2.24) is 10.2 Å². The molecular formula is C22H23F2N3O3. The summed E-state index contributed by atoms with van der Waals surface area (Å²) in [6.45, 7) is 2.11. The van der Waals surface area contributed by atoms with E-state index in [1.807, 2.05) is 0 Å². The van der Waals surface area contributed by atoms with Crippen LogP contribution in [0.2, 0.25) is 0 Å². The van der Waals surface area contributed by atoms with Gasteiger partial charge in [0.05, 0.1) is 12.6 Å². The topological polar surface area (TPSA) is 69.7 Å². The first-order valence-electron chi connectivity index (χ1n) is 9.67. The van der Waals surface area contributed by atoms with Crippen LogP contribution in [0.1, 0.15) is 41.7 Å². The van der Waals surface area contributed by atoms with Crippen molar-refractivity contribution in [3.05, 3.63) is 65.2 Å². The summed E-state index contributed by atoms with van der Waals surface area (Å²) >= 11 is 0. The van der Waals surface area contributed by atoms with Crippen LogP contribution < -0.4 is 10.2 Å². The van der Waals surface area contributed by atoms with Crippen LogP contribution in [-0.4, -0.2) is 42.8 Å². The Balaban J connectivity index is 1.56. The van der Waals surface area contributed by atoms with Crippen molar-refractivity contribution < 1.29 is 23.2 Å². The molecule has 6 nitrogen and oxygen atoms in total. The van der Waals surface area contributed by atoms with Gasteiger partial charge in [-0.15, -0.1) is 0 Å². The van der Waals surface area contributed by atoms with Gasteiger partial charge in [-0.25, -0.2) is 8.78 Å². The molecule has 0 bridgehead atoms. The van der Waals surface area contributed by atoms with Crippen LogP contribution in [0.15, 0.2) is 42.5 Å². The summed E-state index contributed by atoms with van der Waals surface area (Å²) in [6.07, 6.45) is 1.35. The minimum atomic E-state index is -0.979. The molecule has 1 atom stereocenters. The van der Waals surface area contributed by atoms with E-state index in [2.05, 4.69) is 5.32 Å². The fraction of sp³-hybridized carbons (Fsp3) is 0.318. The second-order valence-electron chi connectivity index (χ2n) is 7.23. The van der Waals surface area contributed by atoms with Crippen LogP contribution in [0, 0.1) is 11.6 Å². The number of rotatable bonds is 6. The maximum absolute atomic E-state index is 13.4. The number of hydrogen-bond donors (Lipinski definition) is 1. The number of benzene rings is 2. The number of carbonyl (C=O) groups is 3. The summed E-state index contributed by atoms with van der Waals surface area (Å²) < 4.78 is 26.5. The zero-order chi connectivity index (χ0) is 21.8. The number of anilines is 1. The molecule has 1 N–H and O–H groups in total. The van der Waals surface area contributed by atoms with Crippen molar-refractivity contribution in [3.8, 4) is 0 Å². The Morgan fingerprint density at radius 3 is 2.43 bits per heavy atom. The summed E-state index contributed by atoms with van der Waals surface area (Å²) in [5.41, 5.74) is 1.56. The lowest BCUT2D eigenvalue weighted by Gasteiger charge is -2.25. The van der Waals surface area contributed by atoms with Gasteiger partial charge in [-0.3, -0.25) is 14.4 Å². The van der Waals surface area contributed by atoms with E-state index in [0.717, 1.165) is 24.2 Å². The lowest BCUT2D eigenvalue weighted by atomic mass is 10.1. The minimum Gasteiger partial charge on any atom is -0.343 e. The molecule has 1 fully saturated rings. The van der Waals surface area contributed by atoms with Gasteiger partial charge in [-0.2, -0.15) is 0 Å². The zero-order valence-corrected chi connectivity index (χ0v) is 16.8. The molecule has 0 saturated carbocycles. The third-order valence-corrected chi connectivity index (χ3v) is 5.32. The summed E-state index contributed by atoms with van der Waals surface area (Å²) in [4.78, 5) is 39.6. The normalized spacial score (nSPS) is 14.5. The van der Waals surface area contributed by atoms with Crippen LogP contribution >= 0.6 is 0 Å². The first kappa shape index (κ1) is 21.4. The van der Waals surface area contributed by atoms with Crippen LogP contribution in [-0.2, 0) is 9.59 Å². The highest BCUT2D eigenvalue weighted by molar-refractivity contribution is 5.98. The van der Waals surface area contributed by atoms with Gasteiger partial charge in [0, 0.05) is 31.3 Å². The molecule has 1 aliphatic heterocycles. The Morgan fingerprint density at radius 1 is 1.13 bits per heavy atom. The lowest BCUT2D eigenvalue weighted by molar-refractivity contribution is -0.130. The average Bonchev–Trinajstić information content (AvgIpc) is 3.18. The largest absolute Gasteiger partial charge is 0.343 e. The quantitative estimate of drug-likeness (QED) is 0.789. The van der Waals surface area contributed by atoms with Gasteiger partial charge >= 0.3 is 0 Å². The van der Waals surface area contributed by atoms with Crippen molar-refractivity contribution in [2.75, 3.05) is 25.0 Å². The van der Waals surface area contributed by atoms with Gasteiger partial charge in [0.15, 0.2) is 11.6 Å².